The number of carbonyl (C=O) groups is 1. The number of esters is 1. The molecule has 2 aromatic rings. The molecule has 0 aromatic heterocycles. The van der Waals surface area contributed by atoms with Crippen LogP contribution in [0.4, 0.5) is 0 Å². The summed E-state index contributed by atoms with van der Waals surface area (Å²) in [5.74, 6) is -0.538. The van der Waals surface area contributed by atoms with Crippen LogP contribution in [0, 0.1) is 11.3 Å². The van der Waals surface area contributed by atoms with Crippen molar-refractivity contribution < 1.29 is 14.6 Å². The van der Waals surface area contributed by atoms with E-state index in [1.165, 1.54) is 18.2 Å². The van der Waals surface area contributed by atoms with Crippen molar-refractivity contribution in [2.24, 2.45) is 0 Å². The molecule has 0 aliphatic heterocycles. The third-order valence-electron chi connectivity index (χ3n) is 2.30. The zero-order valence-electron chi connectivity index (χ0n) is 9.33. The molecule has 2 rings (SSSR count). The van der Waals surface area contributed by atoms with E-state index in [0.29, 0.717) is 5.75 Å². The van der Waals surface area contributed by atoms with Crippen LogP contribution in [0.2, 0.25) is 0 Å². The Balaban J connectivity index is 2.22. The second-order valence-corrected chi connectivity index (χ2v) is 3.55. The number of benzene rings is 2. The lowest BCUT2D eigenvalue weighted by Crippen LogP contribution is -2.08. The Hall–Kier alpha value is -2.80. The Bertz CT molecular complexity index is 615. The Morgan fingerprint density at radius 2 is 1.89 bits per heavy atom. The van der Waals surface area contributed by atoms with E-state index in [1.807, 2.05) is 6.07 Å². The molecule has 18 heavy (non-hydrogen) atoms. The zero-order chi connectivity index (χ0) is 13.0. The van der Waals surface area contributed by atoms with Gasteiger partial charge in [0.25, 0.3) is 0 Å². The first-order valence-electron chi connectivity index (χ1n) is 5.21. The van der Waals surface area contributed by atoms with Gasteiger partial charge in [-0.05, 0) is 30.3 Å². The Morgan fingerprint density at radius 3 is 2.50 bits per heavy atom. The monoisotopic (exact) mass is 239 g/mol. The molecule has 88 valence electrons. The van der Waals surface area contributed by atoms with Crippen molar-refractivity contribution >= 4 is 5.97 Å². The van der Waals surface area contributed by atoms with Crippen molar-refractivity contribution in [1.82, 2.24) is 0 Å². The summed E-state index contributed by atoms with van der Waals surface area (Å²) in [5.41, 5.74) is 0.307. The third kappa shape index (κ3) is 2.47. The van der Waals surface area contributed by atoms with Gasteiger partial charge in [-0.3, -0.25) is 0 Å². The summed E-state index contributed by atoms with van der Waals surface area (Å²) in [6, 6.07) is 14.5. The van der Waals surface area contributed by atoms with Crippen LogP contribution in [0.5, 0.6) is 11.5 Å². The van der Waals surface area contributed by atoms with Crippen molar-refractivity contribution in [2.45, 2.75) is 0 Å². The van der Waals surface area contributed by atoms with Crippen molar-refractivity contribution in [3.05, 3.63) is 59.7 Å². The second-order valence-electron chi connectivity index (χ2n) is 3.55. The molecule has 4 heteroatoms. The van der Waals surface area contributed by atoms with Crippen LogP contribution in [-0.4, -0.2) is 11.1 Å². The summed E-state index contributed by atoms with van der Waals surface area (Å²) in [5, 5.41) is 18.3. The number of phenols is 1. The minimum Gasteiger partial charge on any atom is -0.507 e. The van der Waals surface area contributed by atoms with Crippen molar-refractivity contribution in [3.63, 3.8) is 0 Å². The predicted molar refractivity (Wildman–Crippen MR) is 64.2 cm³/mol. The first-order valence-corrected chi connectivity index (χ1v) is 5.21. The Kier molecular flexibility index (Phi) is 3.26. The SMILES string of the molecule is N#Cc1ccc(C(=O)Oc2ccccc2)c(O)c1. The number of rotatable bonds is 2. The van der Waals surface area contributed by atoms with E-state index >= 15 is 0 Å². The molecule has 0 spiro atoms. The van der Waals surface area contributed by atoms with Gasteiger partial charge in [-0.15, -0.1) is 0 Å². The second kappa shape index (κ2) is 5.02. The fraction of sp³-hybridized carbons (Fsp3) is 0. The van der Waals surface area contributed by atoms with Gasteiger partial charge >= 0.3 is 5.97 Å². The summed E-state index contributed by atoms with van der Waals surface area (Å²) < 4.78 is 5.07. The summed E-state index contributed by atoms with van der Waals surface area (Å²) in [7, 11) is 0. The topological polar surface area (TPSA) is 70.3 Å². The minimum atomic E-state index is -0.664. The van der Waals surface area contributed by atoms with Crippen LogP contribution in [0.15, 0.2) is 48.5 Å². The summed E-state index contributed by atoms with van der Waals surface area (Å²) in [4.78, 5) is 11.8. The van der Waals surface area contributed by atoms with Crippen LogP contribution < -0.4 is 4.74 Å². The fourth-order valence-electron chi connectivity index (χ4n) is 1.42. The minimum absolute atomic E-state index is 0.0258. The fourth-order valence-corrected chi connectivity index (χ4v) is 1.42. The average molecular weight is 239 g/mol. The molecule has 0 bridgehead atoms. The zero-order valence-corrected chi connectivity index (χ0v) is 9.33. The van der Waals surface area contributed by atoms with E-state index in [0.717, 1.165) is 0 Å². The van der Waals surface area contributed by atoms with Gasteiger partial charge in [0.05, 0.1) is 11.6 Å². The number of aromatic hydroxyl groups is 1. The van der Waals surface area contributed by atoms with Gasteiger partial charge in [0.15, 0.2) is 0 Å². The molecule has 0 saturated heterocycles. The molecule has 1 N–H and O–H groups in total. The number of carbonyl (C=O) groups excluding carboxylic acids is 1. The maximum atomic E-state index is 11.8. The molecule has 4 nitrogen and oxygen atoms in total. The van der Waals surface area contributed by atoms with E-state index in [-0.39, 0.29) is 16.9 Å². The smallest absolute Gasteiger partial charge is 0.347 e. The number of phenolic OH excluding ortho intramolecular Hbond substituents is 1. The molecule has 0 radical (unpaired) electrons. The summed E-state index contributed by atoms with van der Waals surface area (Å²) >= 11 is 0. The summed E-state index contributed by atoms with van der Waals surface area (Å²) in [6.45, 7) is 0. The number of nitriles is 1. The number of hydrogen-bond donors (Lipinski definition) is 1. The maximum Gasteiger partial charge on any atom is 0.347 e. The normalized spacial score (nSPS) is 9.50. The first-order chi connectivity index (χ1) is 8.70. The van der Waals surface area contributed by atoms with Crippen molar-refractivity contribution in [2.75, 3.05) is 0 Å². The Labute approximate surface area is 104 Å². The highest BCUT2D eigenvalue weighted by Crippen LogP contribution is 2.20. The molecule has 0 unspecified atom stereocenters. The first kappa shape index (κ1) is 11.7. The quantitative estimate of drug-likeness (QED) is 0.645. The molecule has 0 fully saturated rings. The molecule has 2 aromatic carbocycles. The highest BCUT2D eigenvalue weighted by Gasteiger charge is 2.13. The highest BCUT2D eigenvalue weighted by molar-refractivity contribution is 5.94. The van der Waals surface area contributed by atoms with Gasteiger partial charge in [0.1, 0.15) is 17.1 Å². The van der Waals surface area contributed by atoms with E-state index < -0.39 is 5.97 Å². The van der Waals surface area contributed by atoms with Crippen molar-refractivity contribution in [3.8, 4) is 17.6 Å². The van der Waals surface area contributed by atoms with E-state index in [9.17, 15) is 9.90 Å². The standard InChI is InChI=1S/C14H9NO3/c15-9-10-6-7-12(13(16)8-10)14(17)18-11-4-2-1-3-5-11/h1-8,16H. The largest absolute Gasteiger partial charge is 0.507 e. The molecule has 0 saturated carbocycles. The van der Waals surface area contributed by atoms with E-state index in [4.69, 9.17) is 10.00 Å². The molecule has 0 aliphatic rings. The average Bonchev–Trinajstić information content (AvgIpc) is 2.39. The molecule has 0 atom stereocenters. The van der Waals surface area contributed by atoms with Gasteiger partial charge in [0, 0.05) is 0 Å². The number of nitrogens with zero attached hydrogens (tertiary/aromatic N) is 1. The maximum absolute atomic E-state index is 11.8. The lowest BCUT2D eigenvalue weighted by Gasteiger charge is -2.05. The highest BCUT2D eigenvalue weighted by atomic mass is 16.5. The molecule has 0 amide bonds. The van der Waals surface area contributed by atoms with Crippen molar-refractivity contribution in [1.29, 1.82) is 5.26 Å². The number of ether oxygens (including phenoxy) is 1. The van der Waals surface area contributed by atoms with Crippen LogP contribution in [-0.2, 0) is 0 Å². The third-order valence-corrected chi connectivity index (χ3v) is 2.30. The number of para-hydroxylation sites is 1. The van der Waals surface area contributed by atoms with Gasteiger partial charge < -0.3 is 9.84 Å². The molecular formula is C14H9NO3. The molecule has 0 heterocycles. The lowest BCUT2D eigenvalue weighted by atomic mass is 10.1. The Morgan fingerprint density at radius 1 is 1.17 bits per heavy atom. The van der Waals surface area contributed by atoms with Crippen LogP contribution >= 0.6 is 0 Å². The molecule has 0 aliphatic carbocycles. The summed E-state index contributed by atoms with van der Waals surface area (Å²) in [6.07, 6.45) is 0. The van der Waals surface area contributed by atoms with E-state index in [2.05, 4.69) is 0 Å². The molecular weight excluding hydrogens is 230 g/mol. The van der Waals surface area contributed by atoms with Gasteiger partial charge in [-0.25, -0.2) is 4.79 Å². The van der Waals surface area contributed by atoms with Gasteiger partial charge in [0.2, 0.25) is 0 Å². The van der Waals surface area contributed by atoms with Gasteiger partial charge in [-0.2, -0.15) is 5.26 Å². The van der Waals surface area contributed by atoms with Crippen LogP contribution in [0.3, 0.4) is 0 Å². The van der Waals surface area contributed by atoms with Crippen LogP contribution in [0.25, 0.3) is 0 Å². The van der Waals surface area contributed by atoms with E-state index in [1.54, 1.807) is 30.3 Å². The predicted octanol–water partition coefficient (Wildman–Crippen LogP) is 2.48. The van der Waals surface area contributed by atoms with Crippen LogP contribution in [0.1, 0.15) is 15.9 Å². The lowest BCUT2D eigenvalue weighted by molar-refractivity contribution is 0.0731. The van der Waals surface area contributed by atoms with Gasteiger partial charge in [-0.1, -0.05) is 18.2 Å². The number of hydrogen-bond acceptors (Lipinski definition) is 4.